The number of H-pyrrole nitrogens is 1. The molecule has 1 amide bonds. The third-order valence-corrected chi connectivity index (χ3v) is 4.87. The fourth-order valence-corrected chi connectivity index (χ4v) is 3.61. The van der Waals surface area contributed by atoms with Crippen LogP contribution in [0.5, 0.6) is 0 Å². The standard InChI is InChI=1S/C20H20N2O3/c23-19-15-8-4-3-7-14(15)13-16(21-19)20(24)22-11-5-1-2-9-17(22)18-10-6-12-25-18/h3-4,6-8,10,12-13,17H,1-2,5,9,11H2,(H,21,23)/t17-/m0/s1. The van der Waals surface area contributed by atoms with Gasteiger partial charge in [0.15, 0.2) is 0 Å². The van der Waals surface area contributed by atoms with E-state index >= 15 is 0 Å². The third-order valence-electron chi connectivity index (χ3n) is 4.87. The van der Waals surface area contributed by atoms with Gasteiger partial charge in [0.25, 0.3) is 11.5 Å². The predicted molar refractivity (Wildman–Crippen MR) is 95.5 cm³/mol. The van der Waals surface area contributed by atoms with Crippen LogP contribution in [-0.4, -0.2) is 22.3 Å². The first-order chi connectivity index (χ1) is 12.2. The summed E-state index contributed by atoms with van der Waals surface area (Å²) in [5.74, 6) is 0.657. The first-order valence-electron chi connectivity index (χ1n) is 8.70. The SMILES string of the molecule is O=C(c1cc2ccccc2c(=O)[nH]1)N1CCCCC[C@H]1c1ccco1. The number of benzene rings is 1. The molecule has 3 heterocycles. The second-order valence-corrected chi connectivity index (χ2v) is 6.48. The molecule has 0 aliphatic carbocycles. The number of nitrogens with zero attached hydrogens (tertiary/aromatic N) is 1. The average molecular weight is 336 g/mol. The maximum absolute atomic E-state index is 13.2. The van der Waals surface area contributed by atoms with E-state index in [0.29, 0.717) is 17.6 Å². The number of amides is 1. The Bertz CT molecular complexity index is 943. The van der Waals surface area contributed by atoms with Crippen LogP contribution < -0.4 is 5.56 Å². The van der Waals surface area contributed by atoms with Crippen LogP contribution in [0.25, 0.3) is 10.8 Å². The van der Waals surface area contributed by atoms with Crippen LogP contribution in [-0.2, 0) is 0 Å². The smallest absolute Gasteiger partial charge is 0.271 e. The highest BCUT2D eigenvalue weighted by Gasteiger charge is 2.29. The Morgan fingerprint density at radius 1 is 1.12 bits per heavy atom. The van der Waals surface area contributed by atoms with Crippen molar-refractivity contribution < 1.29 is 9.21 Å². The van der Waals surface area contributed by atoms with Gasteiger partial charge in [-0.15, -0.1) is 0 Å². The Labute approximate surface area is 145 Å². The number of aromatic nitrogens is 1. The van der Waals surface area contributed by atoms with Gasteiger partial charge in [-0.2, -0.15) is 0 Å². The first-order valence-corrected chi connectivity index (χ1v) is 8.70. The highest BCUT2D eigenvalue weighted by atomic mass is 16.3. The van der Waals surface area contributed by atoms with Crippen molar-refractivity contribution in [3.63, 3.8) is 0 Å². The van der Waals surface area contributed by atoms with Crippen molar-refractivity contribution in [2.75, 3.05) is 6.54 Å². The fourth-order valence-electron chi connectivity index (χ4n) is 3.61. The van der Waals surface area contributed by atoms with E-state index in [-0.39, 0.29) is 17.5 Å². The van der Waals surface area contributed by atoms with Gasteiger partial charge >= 0.3 is 0 Å². The highest BCUT2D eigenvalue weighted by Crippen LogP contribution is 2.31. The summed E-state index contributed by atoms with van der Waals surface area (Å²) in [7, 11) is 0. The van der Waals surface area contributed by atoms with E-state index in [2.05, 4.69) is 4.98 Å². The highest BCUT2D eigenvalue weighted by molar-refractivity contribution is 5.96. The second-order valence-electron chi connectivity index (χ2n) is 6.48. The molecular formula is C20H20N2O3. The summed E-state index contributed by atoms with van der Waals surface area (Å²) in [4.78, 5) is 30.1. The molecule has 5 nitrogen and oxygen atoms in total. The van der Waals surface area contributed by atoms with Gasteiger partial charge in [-0.3, -0.25) is 9.59 Å². The van der Waals surface area contributed by atoms with Crippen LogP contribution in [0.1, 0.15) is 48.0 Å². The minimum absolute atomic E-state index is 0.0834. The molecule has 1 saturated heterocycles. The molecule has 1 atom stereocenters. The van der Waals surface area contributed by atoms with Crippen LogP contribution in [0.3, 0.4) is 0 Å². The Kier molecular flexibility index (Phi) is 4.14. The maximum Gasteiger partial charge on any atom is 0.271 e. The van der Waals surface area contributed by atoms with Crippen molar-refractivity contribution in [2.45, 2.75) is 31.7 Å². The van der Waals surface area contributed by atoms with Crippen LogP contribution in [0, 0.1) is 0 Å². The van der Waals surface area contributed by atoms with Crippen molar-refractivity contribution >= 4 is 16.7 Å². The number of rotatable bonds is 2. The monoisotopic (exact) mass is 336 g/mol. The minimum Gasteiger partial charge on any atom is -0.467 e. The molecule has 1 aromatic carbocycles. The molecule has 2 aromatic heterocycles. The normalized spacial score (nSPS) is 18.2. The summed E-state index contributed by atoms with van der Waals surface area (Å²) < 4.78 is 5.57. The zero-order valence-corrected chi connectivity index (χ0v) is 13.9. The van der Waals surface area contributed by atoms with Gasteiger partial charge in [-0.05, 0) is 42.5 Å². The summed E-state index contributed by atoms with van der Waals surface area (Å²) in [5.41, 5.74) is 0.105. The summed E-state index contributed by atoms with van der Waals surface area (Å²) >= 11 is 0. The number of carbonyl (C=O) groups is 1. The van der Waals surface area contributed by atoms with Crippen LogP contribution in [0.2, 0.25) is 0 Å². The van der Waals surface area contributed by atoms with E-state index in [0.717, 1.165) is 36.8 Å². The molecule has 25 heavy (non-hydrogen) atoms. The van der Waals surface area contributed by atoms with Crippen molar-refractivity contribution in [1.82, 2.24) is 9.88 Å². The minimum atomic E-state index is -0.231. The molecule has 5 heteroatoms. The molecule has 0 bridgehead atoms. The van der Waals surface area contributed by atoms with Gasteiger partial charge in [-0.25, -0.2) is 0 Å². The van der Waals surface area contributed by atoms with Crippen LogP contribution in [0.4, 0.5) is 0 Å². The number of aromatic amines is 1. The molecule has 1 N–H and O–H groups in total. The predicted octanol–water partition coefficient (Wildman–Crippen LogP) is 3.88. The molecule has 0 radical (unpaired) electrons. The Hall–Kier alpha value is -2.82. The Morgan fingerprint density at radius 2 is 2.00 bits per heavy atom. The maximum atomic E-state index is 13.2. The van der Waals surface area contributed by atoms with E-state index in [4.69, 9.17) is 4.42 Å². The van der Waals surface area contributed by atoms with Gasteiger partial charge in [0.1, 0.15) is 11.5 Å². The lowest BCUT2D eigenvalue weighted by Crippen LogP contribution is -2.36. The summed E-state index contributed by atoms with van der Waals surface area (Å²) in [5, 5.41) is 1.37. The molecule has 0 spiro atoms. The summed E-state index contributed by atoms with van der Waals surface area (Å²) in [6, 6.07) is 12.8. The summed E-state index contributed by atoms with van der Waals surface area (Å²) in [6.45, 7) is 0.666. The van der Waals surface area contributed by atoms with E-state index < -0.39 is 0 Å². The van der Waals surface area contributed by atoms with Crippen molar-refractivity contribution in [1.29, 1.82) is 0 Å². The van der Waals surface area contributed by atoms with Crippen LogP contribution in [0.15, 0.2) is 57.9 Å². The lowest BCUT2D eigenvalue weighted by atomic mass is 10.1. The molecule has 0 saturated carbocycles. The summed E-state index contributed by atoms with van der Waals surface area (Å²) in [6.07, 6.45) is 5.62. The number of furan rings is 1. The number of fused-ring (bicyclic) bond motifs is 1. The first kappa shape index (κ1) is 15.7. The molecule has 1 aliphatic heterocycles. The van der Waals surface area contributed by atoms with Gasteiger partial charge in [0.05, 0.1) is 12.3 Å². The molecule has 3 aromatic rings. The van der Waals surface area contributed by atoms with E-state index in [1.165, 1.54) is 0 Å². The number of pyridine rings is 1. The van der Waals surface area contributed by atoms with Crippen molar-refractivity contribution in [3.05, 3.63) is 70.5 Å². The lowest BCUT2D eigenvalue weighted by Gasteiger charge is -2.28. The Balaban J connectivity index is 1.74. The third kappa shape index (κ3) is 2.97. The molecule has 4 rings (SSSR count). The number of hydrogen-bond donors (Lipinski definition) is 1. The van der Waals surface area contributed by atoms with E-state index in [9.17, 15) is 9.59 Å². The molecule has 128 valence electrons. The topological polar surface area (TPSA) is 66.3 Å². The van der Waals surface area contributed by atoms with Gasteiger partial charge in [0, 0.05) is 11.9 Å². The molecule has 1 fully saturated rings. The quantitative estimate of drug-likeness (QED) is 0.772. The number of carbonyl (C=O) groups excluding carboxylic acids is 1. The van der Waals surface area contributed by atoms with Gasteiger partial charge in [0.2, 0.25) is 0 Å². The fraction of sp³-hybridized carbons (Fsp3) is 0.300. The number of hydrogen-bond acceptors (Lipinski definition) is 3. The lowest BCUT2D eigenvalue weighted by molar-refractivity contribution is 0.0652. The van der Waals surface area contributed by atoms with E-state index in [1.54, 1.807) is 18.4 Å². The van der Waals surface area contributed by atoms with Crippen molar-refractivity contribution in [3.8, 4) is 0 Å². The number of nitrogens with one attached hydrogen (secondary N) is 1. The van der Waals surface area contributed by atoms with Gasteiger partial charge in [-0.1, -0.05) is 31.0 Å². The molecular weight excluding hydrogens is 316 g/mol. The van der Waals surface area contributed by atoms with E-state index in [1.807, 2.05) is 35.2 Å². The van der Waals surface area contributed by atoms with Crippen molar-refractivity contribution in [2.24, 2.45) is 0 Å². The molecule has 1 aliphatic rings. The number of likely N-dealkylation sites (tertiary alicyclic amines) is 1. The molecule has 0 unspecified atom stereocenters. The Morgan fingerprint density at radius 3 is 2.84 bits per heavy atom. The van der Waals surface area contributed by atoms with Gasteiger partial charge < -0.3 is 14.3 Å². The average Bonchev–Trinajstić information content (AvgIpc) is 3.05. The van der Waals surface area contributed by atoms with Crippen LogP contribution >= 0.6 is 0 Å². The largest absolute Gasteiger partial charge is 0.467 e. The zero-order chi connectivity index (χ0) is 17.2. The second kappa shape index (κ2) is 6.59. The zero-order valence-electron chi connectivity index (χ0n) is 13.9.